The molecule has 2 unspecified atom stereocenters. The van der Waals surface area contributed by atoms with Gasteiger partial charge in [0.05, 0.1) is 0 Å². The van der Waals surface area contributed by atoms with E-state index in [-0.39, 0.29) is 30.1 Å². The fourth-order valence-corrected chi connectivity index (χ4v) is 4.15. The lowest BCUT2D eigenvalue weighted by molar-refractivity contribution is -0.141. The van der Waals surface area contributed by atoms with E-state index in [0.29, 0.717) is 12.1 Å². The summed E-state index contributed by atoms with van der Waals surface area (Å²) in [5, 5.41) is 11.7. The van der Waals surface area contributed by atoms with E-state index in [1.54, 1.807) is 12.1 Å². The van der Waals surface area contributed by atoms with Gasteiger partial charge in [-0.3, -0.25) is 14.4 Å². The molecule has 146 valence electrons. The van der Waals surface area contributed by atoms with Crippen LogP contribution in [0.15, 0.2) is 24.3 Å². The van der Waals surface area contributed by atoms with Gasteiger partial charge in [0.15, 0.2) is 0 Å². The maximum Gasteiger partial charge on any atom is 0.303 e. The van der Waals surface area contributed by atoms with Crippen LogP contribution in [0.1, 0.15) is 50.5 Å². The summed E-state index contributed by atoms with van der Waals surface area (Å²) in [6.45, 7) is 1.64. The Morgan fingerprint density at radius 2 is 1.59 bits per heavy atom. The van der Waals surface area contributed by atoms with Gasteiger partial charge in [-0.25, -0.2) is 0 Å². The number of carboxylic acids is 1. The summed E-state index contributed by atoms with van der Waals surface area (Å²) in [5.41, 5.74) is 1.62. The molecule has 1 heterocycles. The van der Waals surface area contributed by atoms with E-state index in [9.17, 15) is 14.4 Å². The van der Waals surface area contributed by atoms with E-state index in [0.717, 1.165) is 57.2 Å². The van der Waals surface area contributed by atoms with Gasteiger partial charge in [-0.05, 0) is 49.8 Å². The molecule has 1 aromatic carbocycles. The highest BCUT2D eigenvalue weighted by Gasteiger charge is 2.38. The third kappa shape index (κ3) is 5.08. The van der Waals surface area contributed by atoms with Crippen molar-refractivity contribution in [1.82, 2.24) is 4.90 Å². The number of anilines is 1. The average molecular weight is 372 g/mol. The Balaban J connectivity index is 1.61. The summed E-state index contributed by atoms with van der Waals surface area (Å²) >= 11 is 0. The Hall–Kier alpha value is -2.37. The van der Waals surface area contributed by atoms with E-state index in [2.05, 4.69) is 5.32 Å². The van der Waals surface area contributed by atoms with Crippen LogP contribution in [0, 0.1) is 11.8 Å². The molecule has 2 amide bonds. The summed E-state index contributed by atoms with van der Waals surface area (Å²) in [7, 11) is 0. The zero-order valence-electron chi connectivity index (χ0n) is 15.7. The number of carbonyl (C=O) groups is 3. The average Bonchev–Trinajstić information content (AvgIpc) is 3.21. The molecule has 0 bridgehead atoms. The molecule has 6 nitrogen and oxygen atoms in total. The van der Waals surface area contributed by atoms with Crippen molar-refractivity contribution in [1.29, 1.82) is 0 Å². The van der Waals surface area contributed by atoms with Gasteiger partial charge in [0.1, 0.15) is 0 Å². The molecule has 27 heavy (non-hydrogen) atoms. The second kappa shape index (κ2) is 9.02. The van der Waals surface area contributed by atoms with Crippen molar-refractivity contribution in [2.45, 2.75) is 51.4 Å². The molecule has 6 heteroatoms. The minimum Gasteiger partial charge on any atom is -0.481 e. The molecule has 2 N–H and O–H groups in total. The van der Waals surface area contributed by atoms with Gasteiger partial charge >= 0.3 is 5.97 Å². The summed E-state index contributed by atoms with van der Waals surface area (Å²) in [5.74, 6) is -1.22. The highest BCUT2D eigenvalue weighted by molar-refractivity contribution is 5.96. The number of amides is 2. The van der Waals surface area contributed by atoms with Crippen molar-refractivity contribution in [3.63, 3.8) is 0 Å². The summed E-state index contributed by atoms with van der Waals surface area (Å²) < 4.78 is 0. The largest absolute Gasteiger partial charge is 0.481 e. The van der Waals surface area contributed by atoms with Crippen LogP contribution in [-0.4, -0.2) is 40.9 Å². The standard InChI is InChI=1S/C21H28N2O4/c24-19(25)12-9-15-7-10-16(11-8-15)22-20(26)17-5-1-2-6-18(17)21(27)23-13-3-4-14-23/h7-8,10-11,17-18H,1-6,9,12-14H2,(H,22,26)(H,24,25). The lowest BCUT2D eigenvalue weighted by Gasteiger charge is -2.32. The fraction of sp³-hybridized carbons (Fsp3) is 0.571. The Labute approximate surface area is 159 Å². The summed E-state index contributed by atoms with van der Waals surface area (Å²) in [6, 6.07) is 7.28. The number of likely N-dealkylation sites (tertiary alicyclic amines) is 1. The quantitative estimate of drug-likeness (QED) is 0.803. The predicted octanol–water partition coefficient (Wildman–Crippen LogP) is 3.07. The maximum absolute atomic E-state index is 12.8. The number of nitrogens with one attached hydrogen (secondary N) is 1. The van der Waals surface area contributed by atoms with Crippen LogP contribution >= 0.6 is 0 Å². The number of aliphatic carboxylic acids is 1. The first-order valence-electron chi connectivity index (χ1n) is 9.95. The zero-order valence-corrected chi connectivity index (χ0v) is 15.7. The number of rotatable bonds is 6. The Kier molecular flexibility index (Phi) is 6.48. The molecule has 0 spiro atoms. The molecule has 0 aromatic heterocycles. The van der Waals surface area contributed by atoms with E-state index in [1.807, 2.05) is 17.0 Å². The van der Waals surface area contributed by atoms with Crippen molar-refractivity contribution < 1.29 is 19.5 Å². The molecule has 2 aliphatic rings. The second-order valence-corrected chi connectivity index (χ2v) is 7.61. The Morgan fingerprint density at radius 1 is 0.963 bits per heavy atom. The van der Waals surface area contributed by atoms with E-state index < -0.39 is 5.97 Å². The van der Waals surface area contributed by atoms with Gasteiger partial charge < -0.3 is 15.3 Å². The van der Waals surface area contributed by atoms with Crippen LogP contribution in [0.5, 0.6) is 0 Å². The van der Waals surface area contributed by atoms with Gasteiger partial charge in [-0.1, -0.05) is 25.0 Å². The third-order valence-corrected chi connectivity index (χ3v) is 5.69. The number of carboxylic acid groups (broad SMARTS) is 1. The first kappa shape index (κ1) is 19.4. The second-order valence-electron chi connectivity index (χ2n) is 7.61. The first-order chi connectivity index (χ1) is 13.0. The van der Waals surface area contributed by atoms with Gasteiger partial charge in [0.25, 0.3) is 0 Å². The molecular weight excluding hydrogens is 344 g/mol. The fourth-order valence-electron chi connectivity index (χ4n) is 4.15. The molecule has 2 atom stereocenters. The number of hydrogen-bond donors (Lipinski definition) is 2. The van der Waals surface area contributed by atoms with Gasteiger partial charge in [0, 0.05) is 37.0 Å². The van der Waals surface area contributed by atoms with Crippen molar-refractivity contribution >= 4 is 23.5 Å². The van der Waals surface area contributed by atoms with E-state index in [1.165, 1.54) is 0 Å². The number of hydrogen-bond acceptors (Lipinski definition) is 3. The van der Waals surface area contributed by atoms with Gasteiger partial charge in [-0.2, -0.15) is 0 Å². The lowest BCUT2D eigenvalue weighted by atomic mass is 9.77. The lowest BCUT2D eigenvalue weighted by Crippen LogP contribution is -2.42. The van der Waals surface area contributed by atoms with Crippen molar-refractivity contribution in [2.24, 2.45) is 11.8 Å². The van der Waals surface area contributed by atoms with Crippen molar-refractivity contribution in [3.8, 4) is 0 Å². The Morgan fingerprint density at radius 3 is 2.22 bits per heavy atom. The number of benzene rings is 1. The predicted molar refractivity (Wildman–Crippen MR) is 102 cm³/mol. The molecular formula is C21H28N2O4. The summed E-state index contributed by atoms with van der Waals surface area (Å²) in [4.78, 5) is 38.3. The van der Waals surface area contributed by atoms with Crippen molar-refractivity contribution in [2.75, 3.05) is 18.4 Å². The van der Waals surface area contributed by atoms with E-state index >= 15 is 0 Å². The third-order valence-electron chi connectivity index (χ3n) is 5.69. The number of carbonyl (C=O) groups excluding carboxylic acids is 2. The molecule has 1 aliphatic heterocycles. The number of nitrogens with zero attached hydrogens (tertiary/aromatic N) is 1. The monoisotopic (exact) mass is 372 g/mol. The van der Waals surface area contributed by atoms with E-state index in [4.69, 9.17) is 5.11 Å². The maximum atomic E-state index is 12.8. The highest BCUT2D eigenvalue weighted by atomic mass is 16.4. The molecule has 2 fully saturated rings. The SMILES string of the molecule is O=C(O)CCc1ccc(NC(=O)C2CCCCC2C(=O)N2CCCC2)cc1. The first-order valence-corrected chi connectivity index (χ1v) is 9.95. The molecule has 1 saturated heterocycles. The topological polar surface area (TPSA) is 86.7 Å². The van der Waals surface area contributed by atoms with Crippen LogP contribution in [0.2, 0.25) is 0 Å². The van der Waals surface area contributed by atoms with Crippen molar-refractivity contribution in [3.05, 3.63) is 29.8 Å². The molecule has 0 radical (unpaired) electrons. The van der Waals surface area contributed by atoms with Crippen LogP contribution in [0.3, 0.4) is 0 Å². The summed E-state index contributed by atoms with van der Waals surface area (Å²) in [6.07, 6.45) is 6.22. The molecule has 3 rings (SSSR count). The minimum absolute atomic E-state index is 0.0782. The normalized spacial score (nSPS) is 22.4. The van der Waals surface area contributed by atoms with Crippen LogP contribution in [-0.2, 0) is 20.8 Å². The molecule has 1 aromatic rings. The highest BCUT2D eigenvalue weighted by Crippen LogP contribution is 2.33. The van der Waals surface area contributed by atoms with Crippen LogP contribution in [0.4, 0.5) is 5.69 Å². The smallest absolute Gasteiger partial charge is 0.303 e. The zero-order chi connectivity index (χ0) is 19.2. The Bertz CT molecular complexity index is 680. The molecule has 1 saturated carbocycles. The van der Waals surface area contributed by atoms with Crippen LogP contribution < -0.4 is 5.32 Å². The molecule has 1 aliphatic carbocycles. The minimum atomic E-state index is -0.821. The van der Waals surface area contributed by atoms with Crippen LogP contribution in [0.25, 0.3) is 0 Å². The van der Waals surface area contributed by atoms with Gasteiger partial charge in [-0.15, -0.1) is 0 Å². The van der Waals surface area contributed by atoms with Gasteiger partial charge in [0.2, 0.25) is 11.8 Å². The number of aryl methyl sites for hydroxylation is 1.